The minimum Gasteiger partial charge on any atom is -0.457 e. The van der Waals surface area contributed by atoms with Gasteiger partial charge in [0.1, 0.15) is 19.3 Å². The first-order valence-electron chi connectivity index (χ1n) is 14.4. The zero-order valence-electron chi connectivity index (χ0n) is 24.3. The molecule has 5 aromatic carbocycles. The van der Waals surface area contributed by atoms with Gasteiger partial charge in [0.05, 0.1) is 28.2 Å². The van der Waals surface area contributed by atoms with E-state index in [1.807, 2.05) is 60.7 Å². The molecule has 1 unspecified atom stereocenters. The second kappa shape index (κ2) is 9.44. The monoisotopic (exact) mass is 559 g/mol. The van der Waals surface area contributed by atoms with Crippen molar-refractivity contribution in [3.63, 3.8) is 0 Å². The summed E-state index contributed by atoms with van der Waals surface area (Å²) in [4.78, 5) is 0. The number of benzene rings is 5. The van der Waals surface area contributed by atoms with Crippen molar-refractivity contribution in [3.05, 3.63) is 137 Å². The number of aliphatic hydroxyl groups is 2. The maximum absolute atomic E-state index is 11.1. The molecule has 208 valence electrons. The SMILES string of the molecule is [B]c1cccc2c1-c1c(-c3cc(C#N)cc(CC(C)(O)C(C)(C)O)c3)cccc1C21c2ccccc2Oc2ccccc21. The highest BCUT2D eigenvalue weighted by Crippen LogP contribution is 2.62. The van der Waals surface area contributed by atoms with E-state index in [1.165, 1.54) is 0 Å². The number of para-hydroxylation sites is 2. The van der Waals surface area contributed by atoms with E-state index < -0.39 is 16.6 Å². The zero-order chi connectivity index (χ0) is 30.1. The predicted molar refractivity (Wildman–Crippen MR) is 170 cm³/mol. The summed E-state index contributed by atoms with van der Waals surface area (Å²) in [6.45, 7) is 4.80. The van der Waals surface area contributed by atoms with E-state index >= 15 is 0 Å². The number of hydrogen-bond donors (Lipinski definition) is 2. The average molecular weight is 559 g/mol. The molecule has 0 saturated carbocycles. The van der Waals surface area contributed by atoms with Crippen molar-refractivity contribution in [1.29, 1.82) is 5.26 Å². The van der Waals surface area contributed by atoms with E-state index in [1.54, 1.807) is 26.8 Å². The van der Waals surface area contributed by atoms with Gasteiger partial charge in [-0.15, -0.1) is 0 Å². The van der Waals surface area contributed by atoms with Gasteiger partial charge >= 0.3 is 0 Å². The molecule has 0 aromatic heterocycles. The van der Waals surface area contributed by atoms with Crippen molar-refractivity contribution in [3.8, 4) is 39.8 Å². The second-order valence-corrected chi connectivity index (χ2v) is 12.4. The average Bonchev–Trinajstić information content (AvgIpc) is 3.28. The summed E-state index contributed by atoms with van der Waals surface area (Å²) in [6, 6.07) is 36.7. The first-order chi connectivity index (χ1) is 20.6. The smallest absolute Gasteiger partial charge is 0.132 e. The summed E-state index contributed by atoms with van der Waals surface area (Å²) < 4.78 is 6.45. The molecule has 0 bridgehead atoms. The molecule has 0 amide bonds. The van der Waals surface area contributed by atoms with E-state index in [2.05, 4.69) is 42.5 Å². The van der Waals surface area contributed by atoms with Gasteiger partial charge in [-0.2, -0.15) is 5.26 Å². The molecule has 0 saturated heterocycles. The largest absolute Gasteiger partial charge is 0.457 e. The molecule has 2 N–H and O–H groups in total. The van der Waals surface area contributed by atoms with Crippen LogP contribution in [0.15, 0.2) is 103 Å². The van der Waals surface area contributed by atoms with Crippen LogP contribution in [0.3, 0.4) is 0 Å². The molecular weight excluding hydrogens is 529 g/mol. The Morgan fingerprint density at radius 2 is 1.33 bits per heavy atom. The molecule has 7 rings (SSSR count). The normalized spacial score (nSPS) is 15.3. The van der Waals surface area contributed by atoms with Gasteiger partial charge in [0.2, 0.25) is 0 Å². The van der Waals surface area contributed by atoms with Crippen LogP contribution in [-0.4, -0.2) is 29.3 Å². The Bertz CT molecular complexity index is 1930. The van der Waals surface area contributed by atoms with Crippen LogP contribution in [0.5, 0.6) is 11.5 Å². The first-order valence-corrected chi connectivity index (χ1v) is 14.4. The van der Waals surface area contributed by atoms with Crippen molar-refractivity contribution >= 4 is 13.3 Å². The minimum absolute atomic E-state index is 0.175. The maximum Gasteiger partial charge on any atom is 0.132 e. The fourth-order valence-corrected chi connectivity index (χ4v) is 6.88. The van der Waals surface area contributed by atoms with Crippen LogP contribution in [0.1, 0.15) is 54.2 Å². The predicted octanol–water partition coefficient (Wildman–Crippen LogP) is 6.55. The lowest BCUT2D eigenvalue weighted by atomic mass is 9.65. The topological polar surface area (TPSA) is 73.5 Å². The lowest BCUT2D eigenvalue weighted by Gasteiger charge is -2.39. The summed E-state index contributed by atoms with van der Waals surface area (Å²) in [5.41, 5.74) is 6.52. The number of nitriles is 1. The fourth-order valence-electron chi connectivity index (χ4n) is 6.88. The third-order valence-electron chi connectivity index (χ3n) is 9.32. The van der Waals surface area contributed by atoms with Crippen LogP contribution in [0.25, 0.3) is 22.3 Å². The molecule has 4 nitrogen and oxygen atoms in total. The van der Waals surface area contributed by atoms with E-state index in [9.17, 15) is 15.5 Å². The molecule has 1 heterocycles. The first kappa shape index (κ1) is 27.2. The molecule has 1 aliphatic heterocycles. The van der Waals surface area contributed by atoms with Crippen LogP contribution >= 0.6 is 0 Å². The third kappa shape index (κ3) is 3.91. The Kier molecular flexibility index (Phi) is 5.98. The van der Waals surface area contributed by atoms with Gasteiger partial charge in [0.25, 0.3) is 0 Å². The molecule has 43 heavy (non-hydrogen) atoms. The Hall–Kier alpha value is -4.63. The summed E-state index contributed by atoms with van der Waals surface area (Å²) in [6.07, 6.45) is 0.175. The molecule has 0 fully saturated rings. The Balaban J connectivity index is 1.55. The molecule has 5 aromatic rings. The number of ether oxygens (including phenoxy) is 1. The van der Waals surface area contributed by atoms with Crippen LogP contribution in [0, 0.1) is 11.3 Å². The molecule has 2 radical (unpaired) electrons. The van der Waals surface area contributed by atoms with Crippen molar-refractivity contribution in [2.75, 3.05) is 0 Å². The minimum atomic E-state index is -1.41. The number of hydrogen-bond acceptors (Lipinski definition) is 4. The van der Waals surface area contributed by atoms with Crippen LogP contribution in [0.2, 0.25) is 0 Å². The summed E-state index contributed by atoms with van der Waals surface area (Å²) in [5, 5.41) is 31.8. The van der Waals surface area contributed by atoms with E-state index in [4.69, 9.17) is 12.6 Å². The Morgan fingerprint density at radius 3 is 1.95 bits per heavy atom. The van der Waals surface area contributed by atoms with Gasteiger partial charge < -0.3 is 14.9 Å². The van der Waals surface area contributed by atoms with Gasteiger partial charge in [0.15, 0.2) is 0 Å². The summed E-state index contributed by atoms with van der Waals surface area (Å²) in [5.74, 6) is 1.60. The van der Waals surface area contributed by atoms with Crippen molar-refractivity contribution in [2.45, 2.75) is 43.8 Å². The van der Waals surface area contributed by atoms with Gasteiger partial charge in [-0.3, -0.25) is 0 Å². The molecule has 1 spiro atoms. The van der Waals surface area contributed by atoms with Crippen molar-refractivity contribution in [1.82, 2.24) is 0 Å². The quantitative estimate of drug-likeness (QED) is 0.240. The fraction of sp³-hybridized carbons (Fsp3) is 0.184. The molecule has 2 aliphatic rings. The van der Waals surface area contributed by atoms with Crippen LogP contribution in [-0.2, 0) is 11.8 Å². The summed E-state index contributed by atoms with van der Waals surface area (Å²) in [7, 11) is 6.84. The van der Waals surface area contributed by atoms with E-state index in [-0.39, 0.29) is 6.42 Å². The highest BCUT2D eigenvalue weighted by Gasteiger charge is 2.51. The van der Waals surface area contributed by atoms with E-state index in [0.717, 1.165) is 61.6 Å². The maximum atomic E-state index is 11.1. The van der Waals surface area contributed by atoms with E-state index in [0.29, 0.717) is 11.0 Å². The van der Waals surface area contributed by atoms with Crippen LogP contribution < -0.4 is 10.2 Å². The molecular formula is C38H30BNO3. The Labute approximate surface area is 253 Å². The number of nitrogens with zero attached hydrogens (tertiary/aromatic N) is 1. The summed E-state index contributed by atoms with van der Waals surface area (Å²) >= 11 is 0. The van der Waals surface area contributed by atoms with Gasteiger partial charge in [-0.1, -0.05) is 84.3 Å². The number of rotatable bonds is 4. The molecule has 1 aliphatic carbocycles. The van der Waals surface area contributed by atoms with Crippen molar-refractivity contribution in [2.24, 2.45) is 0 Å². The molecule has 1 atom stereocenters. The van der Waals surface area contributed by atoms with Gasteiger partial charge in [-0.25, -0.2) is 0 Å². The van der Waals surface area contributed by atoms with Crippen LogP contribution in [0.4, 0.5) is 0 Å². The van der Waals surface area contributed by atoms with Gasteiger partial charge in [0, 0.05) is 17.5 Å². The zero-order valence-corrected chi connectivity index (χ0v) is 24.3. The highest BCUT2D eigenvalue weighted by molar-refractivity contribution is 6.37. The lowest BCUT2D eigenvalue weighted by Crippen LogP contribution is -2.49. The number of fused-ring (bicyclic) bond motifs is 9. The Morgan fingerprint density at radius 1 is 0.744 bits per heavy atom. The highest BCUT2D eigenvalue weighted by atomic mass is 16.5. The molecule has 5 heteroatoms. The third-order valence-corrected chi connectivity index (χ3v) is 9.32. The lowest BCUT2D eigenvalue weighted by molar-refractivity contribution is -0.118. The van der Waals surface area contributed by atoms with Crippen molar-refractivity contribution < 1.29 is 14.9 Å². The second-order valence-electron chi connectivity index (χ2n) is 12.4. The standard InChI is InChI=1S/C38H30BNO3/c1-36(2,41)37(3,42)21-23-18-24(22-40)20-25(19-23)26-10-8-13-29-34(26)35-30(14-9-15-31(35)39)38(29)27-11-4-6-16-32(27)43-33-17-7-5-12-28(33)38/h4-20,41-42H,21H2,1-3H3. The van der Waals surface area contributed by atoms with Gasteiger partial charge in [-0.05, 0) is 84.0 Å².